The topological polar surface area (TPSA) is 95.6 Å². The van der Waals surface area contributed by atoms with Gasteiger partial charge in [0.05, 0.1) is 4.90 Å². The Morgan fingerprint density at radius 2 is 1.66 bits per heavy atom. The molecule has 4 rings (SSSR count). The molecule has 1 aromatic carbocycles. The molecule has 176 valence electrons. The lowest BCUT2D eigenvalue weighted by Crippen LogP contribution is -2.43. The minimum Gasteiger partial charge on any atom is -0.355 e. The molecule has 32 heavy (non-hydrogen) atoms. The van der Waals surface area contributed by atoms with Gasteiger partial charge < -0.3 is 10.6 Å². The van der Waals surface area contributed by atoms with Gasteiger partial charge in [0.25, 0.3) is 0 Å². The van der Waals surface area contributed by atoms with Crippen LogP contribution in [0.25, 0.3) is 0 Å². The molecule has 2 aliphatic carbocycles. The van der Waals surface area contributed by atoms with Gasteiger partial charge in [0.15, 0.2) is 0 Å². The molecule has 2 fully saturated rings. The van der Waals surface area contributed by atoms with E-state index in [1.165, 1.54) is 29.1 Å². The monoisotopic (exact) mass is 461 g/mol. The fraction of sp³-hybridized carbons (Fsp3) is 0.667. The van der Waals surface area contributed by atoms with Crippen LogP contribution in [0.3, 0.4) is 0 Å². The molecular weight excluding hydrogens is 426 g/mol. The molecular formula is C24H35N3O4S. The van der Waals surface area contributed by atoms with E-state index < -0.39 is 10.0 Å². The van der Waals surface area contributed by atoms with Crippen LogP contribution < -0.4 is 10.6 Å². The lowest BCUT2D eigenvalue weighted by molar-refractivity contribution is -0.126. The predicted octanol–water partition coefficient (Wildman–Crippen LogP) is 2.53. The number of hydrogen-bond acceptors (Lipinski definition) is 4. The fourth-order valence-electron chi connectivity index (χ4n) is 5.21. The molecule has 1 aliphatic heterocycles. The van der Waals surface area contributed by atoms with E-state index in [1.807, 2.05) is 12.1 Å². The number of sulfonamides is 1. The summed E-state index contributed by atoms with van der Waals surface area (Å²) in [6.45, 7) is 1.02. The second kappa shape index (κ2) is 10.3. The number of piperidine rings is 1. The van der Waals surface area contributed by atoms with Crippen molar-refractivity contribution in [3.8, 4) is 0 Å². The highest BCUT2D eigenvalue weighted by molar-refractivity contribution is 7.89. The maximum absolute atomic E-state index is 13.1. The molecule has 3 aliphatic rings. The van der Waals surface area contributed by atoms with Gasteiger partial charge in [-0.1, -0.05) is 25.3 Å². The normalized spacial score (nSPS) is 20.6. The highest BCUT2D eigenvalue weighted by Gasteiger charge is 2.32. The molecule has 1 saturated carbocycles. The van der Waals surface area contributed by atoms with Crippen LogP contribution in [-0.4, -0.2) is 50.2 Å². The van der Waals surface area contributed by atoms with Gasteiger partial charge in [0, 0.05) is 38.0 Å². The summed E-state index contributed by atoms with van der Waals surface area (Å²) in [6.07, 6.45) is 10.0. The predicted molar refractivity (Wildman–Crippen MR) is 123 cm³/mol. The minimum atomic E-state index is -3.53. The lowest BCUT2D eigenvalue weighted by atomic mass is 9.95. The molecule has 7 nitrogen and oxygen atoms in total. The molecule has 1 heterocycles. The van der Waals surface area contributed by atoms with E-state index in [9.17, 15) is 18.0 Å². The number of nitrogens with one attached hydrogen (secondary N) is 2. The first-order valence-corrected chi connectivity index (χ1v) is 13.6. The molecule has 0 unspecified atom stereocenters. The molecule has 0 spiro atoms. The van der Waals surface area contributed by atoms with Gasteiger partial charge in [0.2, 0.25) is 21.8 Å². The second-order valence-corrected chi connectivity index (χ2v) is 11.3. The molecule has 0 atom stereocenters. The SMILES string of the molecule is O=C(CCNC(=O)C1CCN(S(=O)(=O)c2ccc3c(c2)CCC3)CC1)NC1CCCCC1. The quantitative estimate of drug-likeness (QED) is 0.652. The van der Waals surface area contributed by atoms with Crippen molar-refractivity contribution in [2.45, 2.75) is 81.6 Å². The van der Waals surface area contributed by atoms with Gasteiger partial charge in [-0.05, 0) is 68.2 Å². The van der Waals surface area contributed by atoms with Crippen molar-refractivity contribution in [2.75, 3.05) is 19.6 Å². The Morgan fingerprint density at radius 3 is 2.41 bits per heavy atom. The molecule has 0 radical (unpaired) electrons. The summed E-state index contributed by atoms with van der Waals surface area (Å²) >= 11 is 0. The number of rotatable bonds is 7. The van der Waals surface area contributed by atoms with Crippen LogP contribution in [0.5, 0.6) is 0 Å². The van der Waals surface area contributed by atoms with Crippen LogP contribution in [-0.2, 0) is 32.5 Å². The van der Waals surface area contributed by atoms with E-state index in [-0.39, 0.29) is 30.2 Å². The van der Waals surface area contributed by atoms with Crippen LogP contribution in [0.1, 0.15) is 68.9 Å². The highest BCUT2D eigenvalue weighted by atomic mass is 32.2. The molecule has 0 aromatic heterocycles. The summed E-state index contributed by atoms with van der Waals surface area (Å²) in [5, 5.41) is 5.93. The zero-order chi connectivity index (χ0) is 22.6. The van der Waals surface area contributed by atoms with Crippen molar-refractivity contribution >= 4 is 21.8 Å². The van der Waals surface area contributed by atoms with Crippen molar-refractivity contribution < 1.29 is 18.0 Å². The van der Waals surface area contributed by atoms with Gasteiger partial charge in [-0.2, -0.15) is 4.31 Å². The van der Waals surface area contributed by atoms with E-state index in [2.05, 4.69) is 10.6 Å². The van der Waals surface area contributed by atoms with E-state index in [0.717, 1.165) is 37.7 Å². The number of nitrogens with zero attached hydrogens (tertiary/aromatic N) is 1. The zero-order valence-corrected chi connectivity index (χ0v) is 19.6. The van der Waals surface area contributed by atoms with Crippen LogP contribution in [0.15, 0.2) is 23.1 Å². The standard InChI is InChI=1S/C24H35N3O4S/c28-23(26-21-7-2-1-3-8-21)11-14-25-24(29)19-12-15-27(16-13-19)32(30,31)22-10-9-18-5-4-6-20(18)17-22/h9-10,17,19,21H,1-8,11-16H2,(H,25,29)(H,26,28). The van der Waals surface area contributed by atoms with E-state index >= 15 is 0 Å². The summed E-state index contributed by atoms with van der Waals surface area (Å²) < 4.78 is 27.6. The summed E-state index contributed by atoms with van der Waals surface area (Å²) in [4.78, 5) is 25.0. The van der Waals surface area contributed by atoms with Crippen LogP contribution in [0.2, 0.25) is 0 Å². The number of carbonyl (C=O) groups excluding carboxylic acids is 2. The van der Waals surface area contributed by atoms with Crippen molar-refractivity contribution in [3.05, 3.63) is 29.3 Å². The summed E-state index contributed by atoms with van der Waals surface area (Å²) in [7, 11) is -3.53. The first-order chi connectivity index (χ1) is 15.4. The summed E-state index contributed by atoms with van der Waals surface area (Å²) in [5.41, 5.74) is 2.40. The Kier molecular flexibility index (Phi) is 7.51. The van der Waals surface area contributed by atoms with Gasteiger partial charge in [-0.15, -0.1) is 0 Å². The summed E-state index contributed by atoms with van der Waals surface area (Å²) in [5.74, 6) is -0.291. The number of fused-ring (bicyclic) bond motifs is 1. The number of amides is 2. The molecule has 2 amide bonds. The maximum Gasteiger partial charge on any atom is 0.243 e. The third-order valence-corrected chi connectivity index (χ3v) is 9.05. The number of carbonyl (C=O) groups is 2. The fourth-order valence-corrected chi connectivity index (χ4v) is 6.73. The highest BCUT2D eigenvalue weighted by Crippen LogP contribution is 2.28. The third kappa shape index (κ3) is 5.52. The molecule has 0 bridgehead atoms. The minimum absolute atomic E-state index is 0.00698. The van der Waals surface area contributed by atoms with Crippen LogP contribution in [0.4, 0.5) is 0 Å². The van der Waals surface area contributed by atoms with Crippen molar-refractivity contribution in [2.24, 2.45) is 5.92 Å². The van der Waals surface area contributed by atoms with Gasteiger partial charge in [-0.25, -0.2) is 8.42 Å². The maximum atomic E-state index is 13.1. The molecule has 8 heteroatoms. The number of aryl methyl sites for hydroxylation is 2. The van der Waals surface area contributed by atoms with Crippen LogP contribution >= 0.6 is 0 Å². The van der Waals surface area contributed by atoms with Crippen molar-refractivity contribution in [1.29, 1.82) is 0 Å². The zero-order valence-electron chi connectivity index (χ0n) is 18.8. The Balaban J connectivity index is 1.21. The largest absolute Gasteiger partial charge is 0.355 e. The van der Waals surface area contributed by atoms with Gasteiger partial charge in [-0.3, -0.25) is 9.59 Å². The first-order valence-electron chi connectivity index (χ1n) is 12.1. The van der Waals surface area contributed by atoms with E-state index in [0.29, 0.717) is 37.4 Å². The average Bonchev–Trinajstić information content (AvgIpc) is 3.28. The smallest absolute Gasteiger partial charge is 0.243 e. The van der Waals surface area contributed by atoms with Crippen LogP contribution in [0, 0.1) is 5.92 Å². The lowest BCUT2D eigenvalue weighted by Gasteiger charge is -2.30. The Bertz CT molecular complexity index is 933. The first kappa shape index (κ1) is 23.2. The van der Waals surface area contributed by atoms with Gasteiger partial charge >= 0.3 is 0 Å². The Morgan fingerprint density at radius 1 is 0.938 bits per heavy atom. The van der Waals surface area contributed by atoms with Crippen molar-refractivity contribution in [3.63, 3.8) is 0 Å². The molecule has 1 aromatic rings. The Hall–Kier alpha value is -1.93. The summed E-state index contributed by atoms with van der Waals surface area (Å²) in [6, 6.07) is 5.77. The molecule has 2 N–H and O–H groups in total. The van der Waals surface area contributed by atoms with E-state index in [4.69, 9.17) is 0 Å². The van der Waals surface area contributed by atoms with Gasteiger partial charge in [0.1, 0.15) is 0 Å². The third-order valence-electron chi connectivity index (χ3n) is 7.15. The average molecular weight is 462 g/mol. The second-order valence-electron chi connectivity index (χ2n) is 9.41. The van der Waals surface area contributed by atoms with E-state index in [1.54, 1.807) is 6.07 Å². The Labute approximate surface area is 191 Å². The van der Waals surface area contributed by atoms with Crippen molar-refractivity contribution in [1.82, 2.24) is 14.9 Å². The number of benzene rings is 1. The number of hydrogen-bond donors (Lipinski definition) is 2. The molecule has 1 saturated heterocycles.